The third-order valence-corrected chi connectivity index (χ3v) is 3.82. The van der Waals surface area contributed by atoms with Crippen molar-refractivity contribution in [1.82, 2.24) is 4.98 Å². The molecule has 0 fully saturated rings. The quantitative estimate of drug-likeness (QED) is 0.675. The number of hydrogen-bond acceptors (Lipinski definition) is 2. The Morgan fingerprint density at radius 1 is 0.818 bits per heavy atom. The number of benzene rings is 2. The summed E-state index contributed by atoms with van der Waals surface area (Å²) in [7, 11) is 1.68. The normalized spacial score (nSPS) is 10.5. The molecule has 0 bridgehead atoms. The standard InChI is InChI=1S/C20H19NO/c1-3-15-14-21-20(22-2)19(17-12-8-5-9-13-17)18(15)16-10-6-4-7-11-16/h4-14H,3H2,1-2H3. The number of methoxy groups -OCH3 is 1. The summed E-state index contributed by atoms with van der Waals surface area (Å²) in [5.41, 5.74) is 5.82. The maximum atomic E-state index is 5.55. The zero-order valence-corrected chi connectivity index (χ0v) is 12.9. The summed E-state index contributed by atoms with van der Waals surface area (Å²) in [5.74, 6) is 0.669. The van der Waals surface area contributed by atoms with Crippen LogP contribution in [0.15, 0.2) is 66.9 Å². The molecule has 22 heavy (non-hydrogen) atoms. The van der Waals surface area contributed by atoms with Crippen LogP contribution in [0.4, 0.5) is 0 Å². The van der Waals surface area contributed by atoms with Gasteiger partial charge in [-0.2, -0.15) is 0 Å². The van der Waals surface area contributed by atoms with E-state index in [1.165, 1.54) is 16.7 Å². The number of hydrogen-bond donors (Lipinski definition) is 0. The molecule has 1 aromatic heterocycles. The van der Waals surface area contributed by atoms with Gasteiger partial charge in [0.05, 0.1) is 12.7 Å². The second-order valence-electron chi connectivity index (χ2n) is 5.13. The van der Waals surface area contributed by atoms with Crippen molar-refractivity contribution in [1.29, 1.82) is 0 Å². The summed E-state index contributed by atoms with van der Waals surface area (Å²) in [6.07, 6.45) is 2.86. The van der Waals surface area contributed by atoms with Crippen molar-refractivity contribution in [2.24, 2.45) is 0 Å². The van der Waals surface area contributed by atoms with Crippen LogP contribution in [-0.2, 0) is 6.42 Å². The molecule has 1 heterocycles. The van der Waals surface area contributed by atoms with Gasteiger partial charge < -0.3 is 4.74 Å². The zero-order valence-electron chi connectivity index (χ0n) is 12.9. The van der Waals surface area contributed by atoms with Gasteiger partial charge in [-0.25, -0.2) is 4.98 Å². The molecule has 0 amide bonds. The molecule has 0 radical (unpaired) electrons. The van der Waals surface area contributed by atoms with Gasteiger partial charge in [-0.15, -0.1) is 0 Å². The molecule has 0 N–H and O–H groups in total. The minimum absolute atomic E-state index is 0.669. The second-order valence-corrected chi connectivity index (χ2v) is 5.13. The van der Waals surface area contributed by atoms with Crippen LogP contribution in [0.3, 0.4) is 0 Å². The Morgan fingerprint density at radius 3 is 1.86 bits per heavy atom. The predicted molar refractivity (Wildman–Crippen MR) is 91.0 cm³/mol. The van der Waals surface area contributed by atoms with Crippen molar-refractivity contribution in [3.63, 3.8) is 0 Å². The first-order valence-corrected chi connectivity index (χ1v) is 7.51. The van der Waals surface area contributed by atoms with Crippen LogP contribution in [0.2, 0.25) is 0 Å². The molecule has 0 aliphatic carbocycles. The lowest BCUT2D eigenvalue weighted by molar-refractivity contribution is 0.399. The fourth-order valence-electron chi connectivity index (χ4n) is 2.76. The summed E-state index contributed by atoms with van der Waals surface area (Å²) in [5, 5.41) is 0. The largest absolute Gasteiger partial charge is 0.481 e. The fraction of sp³-hybridized carbons (Fsp3) is 0.150. The van der Waals surface area contributed by atoms with Gasteiger partial charge in [-0.05, 0) is 28.7 Å². The summed E-state index contributed by atoms with van der Waals surface area (Å²) in [4.78, 5) is 4.51. The lowest BCUT2D eigenvalue weighted by Crippen LogP contribution is -1.99. The molecular weight excluding hydrogens is 270 g/mol. The van der Waals surface area contributed by atoms with Crippen molar-refractivity contribution in [2.75, 3.05) is 7.11 Å². The fourth-order valence-corrected chi connectivity index (χ4v) is 2.76. The Kier molecular flexibility index (Phi) is 4.19. The van der Waals surface area contributed by atoms with Gasteiger partial charge in [0.2, 0.25) is 5.88 Å². The van der Waals surface area contributed by atoms with E-state index in [1.54, 1.807) is 7.11 Å². The van der Waals surface area contributed by atoms with Crippen LogP contribution in [0.5, 0.6) is 5.88 Å². The molecule has 0 aliphatic heterocycles. The molecule has 2 nitrogen and oxygen atoms in total. The summed E-state index contributed by atoms with van der Waals surface area (Å²) in [6.45, 7) is 2.16. The van der Waals surface area contributed by atoms with Crippen LogP contribution in [-0.4, -0.2) is 12.1 Å². The van der Waals surface area contributed by atoms with E-state index in [2.05, 4.69) is 48.3 Å². The Morgan fingerprint density at radius 2 is 1.36 bits per heavy atom. The highest BCUT2D eigenvalue weighted by molar-refractivity contribution is 5.88. The lowest BCUT2D eigenvalue weighted by Gasteiger charge is -2.17. The van der Waals surface area contributed by atoms with Gasteiger partial charge in [0, 0.05) is 6.20 Å². The van der Waals surface area contributed by atoms with E-state index >= 15 is 0 Å². The monoisotopic (exact) mass is 289 g/mol. The average Bonchev–Trinajstić information content (AvgIpc) is 2.61. The molecule has 0 atom stereocenters. The van der Waals surface area contributed by atoms with Crippen LogP contribution in [0.1, 0.15) is 12.5 Å². The van der Waals surface area contributed by atoms with Gasteiger partial charge in [-0.1, -0.05) is 67.6 Å². The van der Waals surface area contributed by atoms with Crippen LogP contribution in [0.25, 0.3) is 22.3 Å². The second kappa shape index (κ2) is 6.44. The van der Waals surface area contributed by atoms with E-state index in [4.69, 9.17) is 4.74 Å². The molecule has 110 valence electrons. The number of nitrogens with zero attached hydrogens (tertiary/aromatic N) is 1. The summed E-state index contributed by atoms with van der Waals surface area (Å²) in [6, 6.07) is 20.8. The third kappa shape index (κ3) is 2.60. The van der Waals surface area contributed by atoms with E-state index in [1.807, 2.05) is 30.5 Å². The SMILES string of the molecule is CCc1cnc(OC)c(-c2ccccc2)c1-c1ccccc1. The maximum Gasteiger partial charge on any atom is 0.221 e. The van der Waals surface area contributed by atoms with Crippen molar-refractivity contribution >= 4 is 0 Å². The highest BCUT2D eigenvalue weighted by atomic mass is 16.5. The predicted octanol–water partition coefficient (Wildman–Crippen LogP) is 4.99. The van der Waals surface area contributed by atoms with E-state index in [0.29, 0.717) is 5.88 Å². The zero-order chi connectivity index (χ0) is 15.4. The van der Waals surface area contributed by atoms with Crippen molar-refractivity contribution in [3.05, 3.63) is 72.4 Å². The van der Waals surface area contributed by atoms with Crippen LogP contribution in [0, 0.1) is 0 Å². The van der Waals surface area contributed by atoms with Gasteiger partial charge in [-0.3, -0.25) is 0 Å². The van der Waals surface area contributed by atoms with Crippen molar-refractivity contribution in [3.8, 4) is 28.1 Å². The van der Waals surface area contributed by atoms with Gasteiger partial charge >= 0.3 is 0 Å². The Labute approximate surface area is 131 Å². The first-order valence-electron chi connectivity index (χ1n) is 7.51. The number of ether oxygens (including phenoxy) is 1. The first-order chi connectivity index (χ1) is 10.8. The molecule has 0 saturated carbocycles. The summed E-state index contributed by atoms with van der Waals surface area (Å²) < 4.78 is 5.55. The average molecular weight is 289 g/mol. The first kappa shape index (κ1) is 14.3. The highest BCUT2D eigenvalue weighted by Gasteiger charge is 2.17. The molecule has 0 spiro atoms. The number of aromatic nitrogens is 1. The van der Waals surface area contributed by atoms with E-state index < -0.39 is 0 Å². The molecule has 0 saturated heterocycles. The molecular formula is C20H19NO. The van der Waals surface area contributed by atoms with Gasteiger partial charge in [0.15, 0.2) is 0 Å². The molecule has 3 aromatic rings. The van der Waals surface area contributed by atoms with E-state index in [-0.39, 0.29) is 0 Å². The minimum Gasteiger partial charge on any atom is -0.481 e. The summed E-state index contributed by atoms with van der Waals surface area (Å²) >= 11 is 0. The van der Waals surface area contributed by atoms with E-state index in [0.717, 1.165) is 17.5 Å². The Bertz CT molecular complexity index is 685. The van der Waals surface area contributed by atoms with Crippen LogP contribution < -0.4 is 4.74 Å². The molecule has 3 rings (SSSR count). The molecule has 0 unspecified atom stereocenters. The maximum absolute atomic E-state index is 5.55. The number of aryl methyl sites for hydroxylation is 1. The van der Waals surface area contributed by atoms with Crippen molar-refractivity contribution < 1.29 is 4.74 Å². The van der Waals surface area contributed by atoms with Gasteiger partial charge in [0.25, 0.3) is 0 Å². The minimum atomic E-state index is 0.669. The highest BCUT2D eigenvalue weighted by Crippen LogP contribution is 2.40. The topological polar surface area (TPSA) is 22.1 Å². The van der Waals surface area contributed by atoms with E-state index in [9.17, 15) is 0 Å². The van der Waals surface area contributed by atoms with Gasteiger partial charge in [0.1, 0.15) is 0 Å². The smallest absolute Gasteiger partial charge is 0.221 e. The molecule has 2 heteroatoms. The Balaban J connectivity index is 2.35. The number of pyridine rings is 1. The molecule has 2 aromatic carbocycles. The van der Waals surface area contributed by atoms with Crippen LogP contribution >= 0.6 is 0 Å². The van der Waals surface area contributed by atoms with Crippen molar-refractivity contribution in [2.45, 2.75) is 13.3 Å². The number of rotatable bonds is 4. The third-order valence-electron chi connectivity index (χ3n) is 3.82. The Hall–Kier alpha value is -2.61. The lowest BCUT2D eigenvalue weighted by atomic mass is 9.91. The molecule has 0 aliphatic rings.